The van der Waals surface area contributed by atoms with Gasteiger partial charge in [0.15, 0.2) is 0 Å². The van der Waals surface area contributed by atoms with E-state index in [9.17, 15) is 0 Å². The highest BCUT2D eigenvalue weighted by molar-refractivity contribution is 7.80. The van der Waals surface area contributed by atoms with Crippen LogP contribution in [-0.2, 0) is 6.42 Å². The third-order valence-corrected chi connectivity index (χ3v) is 1.83. The first-order valence-corrected chi connectivity index (χ1v) is 3.83. The molecular weight excluding hydrogens is 142 g/mol. The van der Waals surface area contributed by atoms with Crippen LogP contribution in [0.2, 0.25) is 0 Å². The highest BCUT2D eigenvalue weighted by Crippen LogP contribution is 2.10. The van der Waals surface area contributed by atoms with E-state index in [-0.39, 0.29) is 0 Å². The molecule has 0 aromatic carbocycles. The lowest BCUT2D eigenvalue weighted by atomic mass is 10.1. The van der Waals surface area contributed by atoms with Crippen molar-refractivity contribution in [3.63, 3.8) is 0 Å². The van der Waals surface area contributed by atoms with Crippen LogP contribution in [0, 0.1) is 6.92 Å². The molecule has 0 bridgehead atoms. The lowest BCUT2D eigenvalue weighted by molar-refractivity contribution is 1.02. The first-order valence-electron chi connectivity index (χ1n) is 3.38. The molecular formula is C8H11NS. The molecule has 0 aliphatic heterocycles. The average molecular weight is 153 g/mol. The molecule has 0 spiro atoms. The first-order chi connectivity index (χ1) is 4.74. The van der Waals surface area contributed by atoms with Gasteiger partial charge in [-0.05, 0) is 30.5 Å². The summed E-state index contributed by atoms with van der Waals surface area (Å²) in [5.74, 6) is 0. The Balaban J connectivity index is 3.09. The molecule has 1 nitrogen and oxygen atoms in total. The Hall–Kier alpha value is -0.500. The van der Waals surface area contributed by atoms with Crippen molar-refractivity contribution < 1.29 is 0 Å². The number of nitrogens with zero attached hydrogens (tertiary/aromatic N) is 1. The fraction of sp³-hybridized carbons (Fsp3) is 0.375. The van der Waals surface area contributed by atoms with E-state index < -0.39 is 0 Å². The normalized spacial score (nSPS) is 9.90. The SMILES string of the molecule is CCc1cc(S)ncc1C. The van der Waals surface area contributed by atoms with Crippen LogP contribution in [0.5, 0.6) is 0 Å². The molecule has 0 saturated heterocycles. The van der Waals surface area contributed by atoms with E-state index in [0.29, 0.717) is 0 Å². The Kier molecular flexibility index (Phi) is 2.33. The number of hydrogen-bond acceptors (Lipinski definition) is 2. The van der Waals surface area contributed by atoms with Crippen LogP contribution >= 0.6 is 12.6 Å². The van der Waals surface area contributed by atoms with Crippen molar-refractivity contribution in [1.29, 1.82) is 0 Å². The second-order valence-electron chi connectivity index (χ2n) is 2.32. The fourth-order valence-corrected chi connectivity index (χ4v) is 1.15. The Morgan fingerprint density at radius 2 is 2.30 bits per heavy atom. The minimum atomic E-state index is 0.808. The lowest BCUT2D eigenvalue weighted by Gasteiger charge is -2.00. The van der Waals surface area contributed by atoms with Crippen molar-refractivity contribution in [2.24, 2.45) is 0 Å². The van der Waals surface area contributed by atoms with Gasteiger partial charge in [0.05, 0.1) is 5.03 Å². The van der Waals surface area contributed by atoms with E-state index in [2.05, 4.69) is 31.5 Å². The average Bonchev–Trinajstić information content (AvgIpc) is 1.94. The maximum Gasteiger partial charge on any atom is 0.0932 e. The molecule has 0 fully saturated rings. The van der Waals surface area contributed by atoms with E-state index in [1.54, 1.807) is 0 Å². The van der Waals surface area contributed by atoms with Crippen LogP contribution in [0.3, 0.4) is 0 Å². The van der Waals surface area contributed by atoms with Crippen molar-refractivity contribution in [3.8, 4) is 0 Å². The van der Waals surface area contributed by atoms with Gasteiger partial charge < -0.3 is 0 Å². The maximum absolute atomic E-state index is 4.14. The van der Waals surface area contributed by atoms with Gasteiger partial charge in [-0.2, -0.15) is 0 Å². The van der Waals surface area contributed by atoms with E-state index in [1.165, 1.54) is 11.1 Å². The topological polar surface area (TPSA) is 12.9 Å². The number of hydrogen-bond donors (Lipinski definition) is 1. The molecule has 0 aliphatic rings. The largest absolute Gasteiger partial charge is 0.250 e. The number of rotatable bonds is 1. The molecule has 0 saturated carbocycles. The van der Waals surface area contributed by atoms with Gasteiger partial charge in [-0.3, -0.25) is 0 Å². The van der Waals surface area contributed by atoms with Gasteiger partial charge in [0, 0.05) is 6.20 Å². The van der Waals surface area contributed by atoms with Crippen LogP contribution in [0.1, 0.15) is 18.1 Å². The van der Waals surface area contributed by atoms with Gasteiger partial charge in [0.1, 0.15) is 0 Å². The highest BCUT2D eigenvalue weighted by atomic mass is 32.1. The summed E-state index contributed by atoms with van der Waals surface area (Å²) in [4.78, 5) is 4.05. The molecule has 0 aliphatic carbocycles. The minimum absolute atomic E-state index is 0.808. The Bertz CT molecular complexity index is 233. The van der Waals surface area contributed by atoms with Gasteiger partial charge in [-0.1, -0.05) is 6.92 Å². The minimum Gasteiger partial charge on any atom is -0.250 e. The number of pyridine rings is 1. The molecule has 1 aromatic rings. The molecule has 0 amide bonds. The van der Waals surface area contributed by atoms with Gasteiger partial charge in [0.25, 0.3) is 0 Å². The third-order valence-electron chi connectivity index (χ3n) is 1.58. The van der Waals surface area contributed by atoms with Crippen LogP contribution in [-0.4, -0.2) is 4.98 Å². The van der Waals surface area contributed by atoms with Crippen LogP contribution < -0.4 is 0 Å². The summed E-state index contributed by atoms with van der Waals surface area (Å²) in [5, 5.41) is 0.808. The molecule has 0 unspecified atom stereocenters. The van der Waals surface area contributed by atoms with Crippen LogP contribution in [0.15, 0.2) is 17.3 Å². The molecule has 1 rings (SSSR count). The first kappa shape index (κ1) is 7.61. The number of aromatic nitrogens is 1. The van der Waals surface area contributed by atoms with Crippen molar-refractivity contribution in [2.75, 3.05) is 0 Å². The second-order valence-corrected chi connectivity index (χ2v) is 2.78. The van der Waals surface area contributed by atoms with Gasteiger partial charge in [-0.25, -0.2) is 4.98 Å². The third kappa shape index (κ3) is 1.51. The summed E-state index contributed by atoms with van der Waals surface area (Å²) in [6.07, 6.45) is 2.92. The Morgan fingerprint density at radius 1 is 1.60 bits per heavy atom. The van der Waals surface area contributed by atoms with Gasteiger partial charge >= 0.3 is 0 Å². The molecule has 0 atom stereocenters. The molecule has 0 radical (unpaired) electrons. The monoisotopic (exact) mass is 153 g/mol. The van der Waals surface area contributed by atoms with Gasteiger partial charge in [-0.15, -0.1) is 12.6 Å². The Morgan fingerprint density at radius 3 is 2.80 bits per heavy atom. The quantitative estimate of drug-likeness (QED) is 0.610. The highest BCUT2D eigenvalue weighted by Gasteiger charge is 1.95. The smallest absolute Gasteiger partial charge is 0.0932 e. The second kappa shape index (κ2) is 3.06. The summed E-state index contributed by atoms with van der Waals surface area (Å²) in [6, 6.07) is 2.01. The van der Waals surface area contributed by atoms with E-state index in [4.69, 9.17) is 0 Å². The summed E-state index contributed by atoms with van der Waals surface area (Å²) in [5.41, 5.74) is 2.58. The molecule has 2 heteroatoms. The standard InChI is InChI=1S/C8H11NS/c1-3-7-4-8(10)9-5-6(7)2/h4-5H,3H2,1-2H3,(H,9,10). The van der Waals surface area contributed by atoms with E-state index in [1.807, 2.05) is 12.3 Å². The number of aryl methyl sites for hydroxylation is 2. The van der Waals surface area contributed by atoms with Crippen molar-refractivity contribution in [2.45, 2.75) is 25.3 Å². The lowest BCUT2D eigenvalue weighted by Crippen LogP contribution is -1.88. The summed E-state index contributed by atoms with van der Waals surface area (Å²) in [7, 11) is 0. The number of thiol groups is 1. The summed E-state index contributed by atoms with van der Waals surface area (Å²) in [6.45, 7) is 4.20. The zero-order chi connectivity index (χ0) is 7.56. The molecule has 1 aromatic heterocycles. The Labute approximate surface area is 66.9 Å². The van der Waals surface area contributed by atoms with Crippen molar-refractivity contribution in [3.05, 3.63) is 23.4 Å². The molecule has 54 valence electrons. The van der Waals surface area contributed by atoms with Gasteiger partial charge in [0.2, 0.25) is 0 Å². The zero-order valence-electron chi connectivity index (χ0n) is 6.26. The zero-order valence-corrected chi connectivity index (χ0v) is 7.15. The molecule has 1 heterocycles. The fourth-order valence-electron chi connectivity index (χ4n) is 0.934. The van der Waals surface area contributed by atoms with E-state index >= 15 is 0 Å². The van der Waals surface area contributed by atoms with E-state index in [0.717, 1.165) is 11.4 Å². The maximum atomic E-state index is 4.14. The van der Waals surface area contributed by atoms with Crippen LogP contribution in [0.4, 0.5) is 0 Å². The molecule has 10 heavy (non-hydrogen) atoms. The summed E-state index contributed by atoms with van der Waals surface area (Å²) < 4.78 is 0. The molecule has 0 N–H and O–H groups in total. The van der Waals surface area contributed by atoms with Crippen molar-refractivity contribution in [1.82, 2.24) is 4.98 Å². The van der Waals surface area contributed by atoms with Crippen molar-refractivity contribution >= 4 is 12.6 Å². The van der Waals surface area contributed by atoms with Crippen LogP contribution in [0.25, 0.3) is 0 Å². The predicted octanol–water partition coefficient (Wildman–Crippen LogP) is 2.24. The predicted molar refractivity (Wildman–Crippen MR) is 45.6 cm³/mol. The summed E-state index contributed by atoms with van der Waals surface area (Å²) >= 11 is 4.14.